The second-order valence-corrected chi connectivity index (χ2v) is 2.18. The van der Waals surface area contributed by atoms with Gasteiger partial charge in [-0.15, -0.1) is 0 Å². The minimum absolute atomic E-state index is 0.575. The van der Waals surface area contributed by atoms with E-state index in [4.69, 9.17) is 14.8 Å². The molecule has 0 unspecified atom stereocenters. The first-order valence-electron chi connectivity index (χ1n) is 3.27. The first-order chi connectivity index (χ1) is 5.24. The van der Waals surface area contributed by atoms with Crippen LogP contribution in [0.3, 0.4) is 0 Å². The molecule has 0 radical (unpaired) electrons. The fourth-order valence-corrected chi connectivity index (χ4v) is 0.786. The molecular formula is C7H10BO3+. The lowest BCUT2D eigenvalue weighted by atomic mass is 9.80. The largest absolute Gasteiger partial charge is 0.727 e. The standard InChI is InChI=1S/C7H9BO3/c1-11-7-4-2-6(3-5-7)8(9)10/h2-5,9-10H,1H3/p+1. The smallest absolute Gasteiger partial charge is 0.522 e. The molecule has 0 aliphatic rings. The Kier molecular flexibility index (Phi) is 2.51. The van der Waals surface area contributed by atoms with Crippen LogP contribution in [0.5, 0.6) is 5.75 Å². The number of methoxy groups -OCH3 is 1. The molecule has 3 N–H and O–H groups in total. The Hall–Kier alpha value is -0.995. The van der Waals surface area contributed by atoms with Crippen LogP contribution in [0.25, 0.3) is 0 Å². The lowest BCUT2D eigenvalue weighted by molar-refractivity contribution is 0.414. The molecule has 1 aromatic rings. The predicted octanol–water partition coefficient (Wildman–Crippen LogP) is -0.893. The summed E-state index contributed by atoms with van der Waals surface area (Å²) in [4.78, 5) is 0. The van der Waals surface area contributed by atoms with E-state index < -0.39 is 7.12 Å². The molecule has 0 amide bonds. The predicted molar refractivity (Wildman–Crippen MR) is 44.2 cm³/mol. The van der Waals surface area contributed by atoms with Crippen LogP contribution in [0.4, 0.5) is 0 Å². The Morgan fingerprint density at radius 1 is 1.36 bits per heavy atom. The van der Waals surface area contributed by atoms with Crippen LogP contribution in [0, 0.1) is 0 Å². The van der Waals surface area contributed by atoms with Gasteiger partial charge >= 0.3 is 7.12 Å². The monoisotopic (exact) mass is 153 g/mol. The zero-order chi connectivity index (χ0) is 8.27. The third kappa shape index (κ3) is 1.96. The van der Waals surface area contributed by atoms with Gasteiger partial charge in [-0.2, -0.15) is 0 Å². The molecule has 0 bridgehead atoms. The maximum Gasteiger partial charge on any atom is 0.727 e. The lowest BCUT2D eigenvalue weighted by Gasteiger charge is -1.98. The van der Waals surface area contributed by atoms with Gasteiger partial charge in [-0.1, -0.05) is 12.1 Å². The van der Waals surface area contributed by atoms with Gasteiger partial charge in [0.15, 0.2) is 0 Å². The number of benzene rings is 1. The molecule has 0 heterocycles. The highest BCUT2D eigenvalue weighted by atomic mass is 16.5. The van der Waals surface area contributed by atoms with Crippen LogP contribution in [-0.2, 0) is 0 Å². The highest BCUT2D eigenvalue weighted by molar-refractivity contribution is 6.58. The fraction of sp³-hybridized carbons (Fsp3) is 0.143. The molecule has 0 saturated heterocycles. The van der Waals surface area contributed by atoms with E-state index in [1.165, 1.54) is 0 Å². The maximum absolute atomic E-state index is 8.81. The summed E-state index contributed by atoms with van der Waals surface area (Å²) in [6.45, 7) is 0. The molecule has 0 spiro atoms. The van der Waals surface area contributed by atoms with Crippen LogP contribution in [-0.4, -0.2) is 24.3 Å². The summed E-state index contributed by atoms with van der Waals surface area (Å²) < 4.78 is 4.91. The number of ether oxygens (including phenoxy) is 1. The van der Waals surface area contributed by atoms with E-state index >= 15 is 0 Å². The van der Waals surface area contributed by atoms with Crippen LogP contribution in [0.15, 0.2) is 24.3 Å². The first kappa shape index (κ1) is 8.10. The summed E-state index contributed by atoms with van der Waals surface area (Å²) in [5, 5.41) is 15.8. The molecule has 11 heavy (non-hydrogen) atoms. The zero-order valence-electron chi connectivity index (χ0n) is 6.24. The van der Waals surface area contributed by atoms with Gasteiger partial charge in [-0.05, 0) is 12.1 Å². The number of hydrogen-bond acceptors (Lipinski definition) is 2. The fourth-order valence-electron chi connectivity index (χ4n) is 0.786. The summed E-state index contributed by atoms with van der Waals surface area (Å²) in [5.74, 6) is 0.731. The molecule has 4 heteroatoms. The lowest BCUT2D eigenvalue weighted by Crippen LogP contribution is -2.29. The summed E-state index contributed by atoms with van der Waals surface area (Å²) in [6.07, 6.45) is 0. The molecule has 0 aliphatic heterocycles. The summed E-state index contributed by atoms with van der Waals surface area (Å²) in [6, 6.07) is 6.76. The van der Waals surface area contributed by atoms with E-state index in [2.05, 4.69) is 0 Å². The van der Waals surface area contributed by atoms with Crippen LogP contribution >= 0.6 is 0 Å². The second-order valence-electron chi connectivity index (χ2n) is 2.18. The van der Waals surface area contributed by atoms with Crippen LogP contribution < -0.4 is 10.2 Å². The number of rotatable bonds is 2. The van der Waals surface area contributed by atoms with Crippen molar-refractivity contribution in [1.29, 1.82) is 0 Å². The Morgan fingerprint density at radius 3 is 2.27 bits per heavy atom. The second kappa shape index (κ2) is 3.41. The highest BCUT2D eigenvalue weighted by Gasteiger charge is 2.20. The van der Waals surface area contributed by atoms with Gasteiger partial charge in [-0.25, -0.2) is 0 Å². The molecule has 0 fully saturated rings. The first-order valence-corrected chi connectivity index (χ1v) is 3.27. The van der Waals surface area contributed by atoms with E-state index in [0.29, 0.717) is 5.46 Å². The van der Waals surface area contributed by atoms with Crippen molar-refractivity contribution < 1.29 is 14.8 Å². The van der Waals surface area contributed by atoms with Gasteiger partial charge < -0.3 is 14.8 Å². The van der Waals surface area contributed by atoms with Crippen molar-refractivity contribution in [3.8, 4) is 5.75 Å². The SMILES string of the molecule is COc1ccc(B(O)[OH2+])cc1. The Labute approximate surface area is 65.4 Å². The maximum atomic E-state index is 8.81. The topological polar surface area (TPSA) is 52.4 Å². The Morgan fingerprint density at radius 2 is 1.91 bits per heavy atom. The van der Waals surface area contributed by atoms with Crippen molar-refractivity contribution >= 4 is 12.6 Å². The molecule has 1 aromatic carbocycles. The summed E-state index contributed by atoms with van der Waals surface area (Å²) in [7, 11) is 0.424. The average Bonchev–Trinajstić information content (AvgIpc) is 2.05. The zero-order valence-corrected chi connectivity index (χ0v) is 6.24. The molecule has 0 saturated carbocycles. The van der Waals surface area contributed by atoms with Crippen molar-refractivity contribution in [2.24, 2.45) is 0 Å². The molecule has 0 aromatic heterocycles. The highest BCUT2D eigenvalue weighted by Crippen LogP contribution is 2.05. The normalized spacial score (nSPS) is 9.36. The van der Waals surface area contributed by atoms with Crippen molar-refractivity contribution in [2.75, 3.05) is 7.11 Å². The molecule has 0 aliphatic carbocycles. The van der Waals surface area contributed by atoms with Gasteiger partial charge in [-0.3, -0.25) is 0 Å². The van der Waals surface area contributed by atoms with Gasteiger partial charge in [0, 0.05) is 5.46 Å². The third-order valence-corrected chi connectivity index (χ3v) is 1.43. The van der Waals surface area contributed by atoms with Gasteiger partial charge in [0.25, 0.3) is 0 Å². The van der Waals surface area contributed by atoms with Crippen molar-refractivity contribution in [1.82, 2.24) is 0 Å². The quantitative estimate of drug-likeness (QED) is 0.442. The van der Waals surface area contributed by atoms with Gasteiger partial charge in [0.05, 0.1) is 7.11 Å². The van der Waals surface area contributed by atoms with E-state index in [0.717, 1.165) is 5.75 Å². The molecule has 3 nitrogen and oxygen atoms in total. The van der Waals surface area contributed by atoms with E-state index in [1.54, 1.807) is 31.4 Å². The third-order valence-electron chi connectivity index (χ3n) is 1.43. The summed E-state index contributed by atoms with van der Waals surface area (Å²) >= 11 is 0. The van der Waals surface area contributed by atoms with E-state index in [1.807, 2.05) is 0 Å². The van der Waals surface area contributed by atoms with Gasteiger partial charge in [0.1, 0.15) is 5.75 Å². The molecular weight excluding hydrogens is 143 g/mol. The Bertz CT molecular complexity index is 220. The molecule has 0 atom stereocenters. The average molecular weight is 153 g/mol. The number of hydrogen-bond donors (Lipinski definition) is 1. The molecule has 1 rings (SSSR count). The van der Waals surface area contributed by atoms with Crippen LogP contribution in [0.1, 0.15) is 0 Å². The van der Waals surface area contributed by atoms with Crippen molar-refractivity contribution in [3.63, 3.8) is 0 Å². The Balaban J connectivity index is 2.83. The van der Waals surface area contributed by atoms with E-state index in [9.17, 15) is 0 Å². The minimum atomic E-state index is -1.15. The van der Waals surface area contributed by atoms with Crippen LogP contribution in [0.2, 0.25) is 0 Å². The molecule has 58 valence electrons. The van der Waals surface area contributed by atoms with E-state index in [-0.39, 0.29) is 0 Å². The minimum Gasteiger partial charge on any atom is -0.522 e. The van der Waals surface area contributed by atoms with Crippen molar-refractivity contribution in [3.05, 3.63) is 24.3 Å². The summed E-state index contributed by atoms with van der Waals surface area (Å²) in [5.41, 5.74) is 0.575. The van der Waals surface area contributed by atoms with Crippen molar-refractivity contribution in [2.45, 2.75) is 0 Å². The van der Waals surface area contributed by atoms with Gasteiger partial charge in [0.2, 0.25) is 0 Å².